The van der Waals surface area contributed by atoms with Gasteiger partial charge in [0.05, 0.1) is 45.4 Å². The van der Waals surface area contributed by atoms with Crippen LogP contribution in [0.1, 0.15) is 28.4 Å². The van der Waals surface area contributed by atoms with E-state index in [2.05, 4.69) is 31.9 Å². The molecule has 1 aliphatic rings. The van der Waals surface area contributed by atoms with Crippen molar-refractivity contribution in [3.8, 4) is 11.5 Å². The summed E-state index contributed by atoms with van der Waals surface area (Å²) >= 11 is 8.18. The predicted molar refractivity (Wildman–Crippen MR) is 164 cm³/mol. The smallest absolute Gasteiger partial charge is 0.344 e. The van der Waals surface area contributed by atoms with Crippen molar-refractivity contribution in [2.24, 2.45) is 4.99 Å². The predicted octanol–water partition coefficient (Wildman–Crippen LogP) is 6.66. The lowest BCUT2D eigenvalue weighted by atomic mass is 10.1. The third-order valence-electron chi connectivity index (χ3n) is 5.68. The molecule has 0 saturated carbocycles. The lowest BCUT2D eigenvalue weighted by Gasteiger charge is -2.16. The van der Waals surface area contributed by atoms with Gasteiger partial charge in [0, 0.05) is 0 Å². The fourth-order valence-electron chi connectivity index (χ4n) is 3.72. The molecule has 0 bridgehead atoms. The van der Waals surface area contributed by atoms with Gasteiger partial charge in [-0.1, -0.05) is 12.1 Å². The summed E-state index contributed by atoms with van der Waals surface area (Å²) in [6.45, 7) is 1.94. The molecule has 1 heterocycles. The molecule has 12 heteroatoms. The highest BCUT2D eigenvalue weighted by Gasteiger charge is 2.33. The van der Waals surface area contributed by atoms with Crippen LogP contribution in [0.5, 0.6) is 11.5 Å². The van der Waals surface area contributed by atoms with Crippen LogP contribution in [0, 0.1) is 0 Å². The summed E-state index contributed by atoms with van der Waals surface area (Å²) in [6.07, 6.45) is 1.74. The van der Waals surface area contributed by atoms with Crippen molar-refractivity contribution in [2.45, 2.75) is 13.5 Å². The third-order valence-corrected chi connectivity index (χ3v) is 7.87. The van der Waals surface area contributed by atoms with Gasteiger partial charge in [-0.05, 0) is 116 Å². The van der Waals surface area contributed by atoms with E-state index in [0.717, 1.165) is 5.56 Å². The Kier molecular flexibility index (Phi) is 10.2. The van der Waals surface area contributed by atoms with E-state index in [1.54, 1.807) is 73.5 Å². The Morgan fingerprint density at radius 2 is 1.71 bits per heavy atom. The zero-order chi connectivity index (χ0) is 29.5. The van der Waals surface area contributed by atoms with Crippen LogP contribution >= 0.6 is 43.6 Å². The molecular formula is C29H24Br2N2O7S. The second kappa shape index (κ2) is 13.8. The van der Waals surface area contributed by atoms with Crippen LogP contribution in [0.4, 0.5) is 5.69 Å². The number of esters is 1. The molecule has 0 aromatic heterocycles. The van der Waals surface area contributed by atoms with Crippen LogP contribution in [0.15, 0.2) is 79.5 Å². The summed E-state index contributed by atoms with van der Waals surface area (Å²) < 4.78 is 16.9. The van der Waals surface area contributed by atoms with Gasteiger partial charge in [0.25, 0.3) is 5.91 Å². The van der Waals surface area contributed by atoms with Gasteiger partial charge in [-0.2, -0.15) is 0 Å². The minimum atomic E-state index is -1.02. The average Bonchev–Trinajstić information content (AvgIpc) is 3.22. The molecule has 0 unspecified atom stereocenters. The van der Waals surface area contributed by atoms with Gasteiger partial charge >= 0.3 is 11.9 Å². The van der Waals surface area contributed by atoms with E-state index >= 15 is 0 Å². The molecule has 0 radical (unpaired) electrons. The van der Waals surface area contributed by atoms with Crippen LogP contribution in [0.25, 0.3) is 6.08 Å². The molecular weight excluding hydrogens is 680 g/mol. The molecule has 0 spiro atoms. The number of amides is 1. The molecule has 9 nitrogen and oxygen atoms in total. The number of benzene rings is 3. The number of carbonyl (C=O) groups is 3. The number of aliphatic imine (C=N–C) groups is 1. The van der Waals surface area contributed by atoms with Crippen LogP contribution in [-0.2, 0) is 20.9 Å². The van der Waals surface area contributed by atoms with Crippen molar-refractivity contribution < 1.29 is 33.7 Å². The van der Waals surface area contributed by atoms with Gasteiger partial charge in [0.2, 0.25) is 0 Å². The molecule has 0 aliphatic carbocycles. The molecule has 1 amide bonds. The van der Waals surface area contributed by atoms with E-state index in [1.807, 2.05) is 0 Å². The maximum absolute atomic E-state index is 13.6. The van der Waals surface area contributed by atoms with Crippen LogP contribution in [0.3, 0.4) is 0 Å². The minimum Gasteiger partial charge on any atom is -0.497 e. The van der Waals surface area contributed by atoms with Crippen molar-refractivity contribution in [1.82, 2.24) is 4.90 Å². The number of thioether (sulfide) groups is 1. The van der Waals surface area contributed by atoms with Crippen molar-refractivity contribution >= 4 is 78.4 Å². The molecule has 41 heavy (non-hydrogen) atoms. The topological polar surface area (TPSA) is 115 Å². The number of carboxylic acids is 1. The maximum Gasteiger partial charge on any atom is 0.344 e. The number of carboxylic acid groups (broad SMARTS) is 1. The summed E-state index contributed by atoms with van der Waals surface area (Å²) in [5, 5.41) is 9.69. The Labute approximate surface area is 257 Å². The fraction of sp³-hybridized carbons (Fsp3) is 0.172. The summed E-state index contributed by atoms with van der Waals surface area (Å²) in [6, 6.07) is 17.1. The van der Waals surface area contributed by atoms with Gasteiger partial charge in [0.1, 0.15) is 11.5 Å². The zero-order valence-electron chi connectivity index (χ0n) is 21.9. The highest BCUT2D eigenvalue weighted by molar-refractivity contribution is 9.11. The summed E-state index contributed by atoms with van der Waals surface area (Å²) in [5.74, 6) is -0.637. The SMILES string of the molecule is CCOC(=O)COc1c(Br)cc(/C=C2\SC(=Nc3ccc(OC)cc3)N(Cc3ccc(C(=O)O)cc3)C2=O)cc1Br. The van der Waals surface area contributed by atoms with Gasteiger partial charge in [-0.15, -0.1) is 0 Å². The Bertz CT molecular complexity index is 1500. The highest BCUT2D eigenvalue weighted by atomic mass is 79.9. The average molecular weight is 704 g/mol. The first-order chi connectivity index (χ1) is 19.7. The molecule has 1 saturated heterocycles. The van der Waals surface area contributed by atoms with Crippen molar-refractivity contribution in [2.75, 3.05) is 20.3 Å². The number of methoxy groups -OCH3 is 1. The lowest BCUT2D eigenvalue weighted by molar-refractivity contribution is -0.145. The monoisotopic (exact) mass is 702 g/mol. The van der Waals surface area contributed by atoms with Crippen LogP contribution in [-0.4, -0.2) is 53.3 Å². The molecule has 3 aromatic rings. The van der Waals surface area contributed by atoms with E-state index in [-0.39, 0.29) is 31.2 Å². The quantitative estimate of drug-likeness (QED) is 0.184. The van der Waals surface area contributed by atoms with E-state index in [9.17, 15) is 19.5 Å². The number of rotatable bonds is 10. The van der Waals surface area contributed by atoms with Crippen molar-refractivity contribution in [1.29, 1.82) is 0 Å². The Hall–Kier alpha value is -3.61. The minimum absolute atomic E-state index is 0.161. The first kappa shape index (κ1) is 30.4. The maximum atomic E-state index is 13.6. The summed E-state index contributed by atoms with van der Waals surface area (Å²) in [4.78, 5) is 43.3. The van der Waals surface area contributed by atoms with Crippen molar-refractivity contribution in [3.05, 3.63) is 91.2 Å². The molecule has 212 valence electrons. The normalized spacial score (nSPS) is 14.9. The molecule has 3 aromatic carbocycles. The van der Waals surface area contributed by atoms with E-state index in [1.165, 1.54) is 23.9 Å². The summed E-state index contributed by atoms with van der Waals surface area (Å²) in [5.41, 5.74) is 2.26. The van der Waals surface area contributed by atoms with Crippen LogP contribution < -0.4 is 9.47 Å². The molecule has 1 N–H and O–H groups in total. The van der Waals surface area contributed by atoms with Gasteiger partial charge < -0.3 is 19.3 Å². The van der Waals surface area contributed by atoms with Gasteiger partial charge in [0.15, 0.2) is 11.8 Å². The number of halogens is 2. The number of carbonyl (C=O) groups excluding carboxylic acids is 2. The first-order valence-electron chi connectivity index (χ1n) is 12.2. The fourth-order valence-corrected chi connectivity index (χ4v) is 6.17. The lowest BCUT2D eigenvalue weighted by Crippen LogP contribution is -2.28. The van der Waals surface area contributed by atoms with E-state index in [4.69, 9.17) is 19.2 Å². The number of aromatic carboxylic acids is 1. The molecule has 4 rings (SSSR count). The number of hydrogen-bond acceptors (Lipinski definition) is 8. The highest BCUT2D eigenvalue weighted by Crippen LogP contribution is 2.39. The first-order valence-corrected chi connectivity index (χ1v) is 14.6. The number of amidine groups is 1. The third kappa shape index (κ3) is 7.78. The standard InChI is InChI=1S/C29H24Br2N2O7S/c1-3-39-25(34)16-40-26-22(30)12-18(13-23(26)31)14-24-27(35)33(15-17-4-6-19(7-5-17)28(36)37)29(41-24)32-20-8-10-21(38-2)11-9-20/h4-14H,3,15-16H2,1-2H3,(H,36,37)/b24-14-,32-29?. The van der Waals surface area contributed by atoms with E-state index in [0.29, 0.717) is 41.8 Å². The molecule has 1 aliphatic heterocycles. The Balaban J connectivity index is 1.63. The Morgan fingerprint density at radius 1 is 1.05 bits per heavy atom. The molecule has 0 atom stereocenters. The number of nitrogens with zero attached hydrogens (tertiary/aromatic N) is 2. The zero-order valence-corrected chi connectivity index (χ0v) is 25.9. The van der Waals surface area contributed by atoms with Gasteiger partial charge in [-0.25, -0.2) is 14.6 Å². The Morgan fingerprint density at radius 3 is 2.29 bits per heavy atom. The second-order valence-corrected chi connectivity index (χ2v) is 11.2. The number of hydrogen-bond donors (Lipinski definition) is 1. The van der Waals surface area contributed by atoms with Gasteiger partial charge in [-0.3, -0.25) is 9.69 Å². The van der Waals surface area contributed by atoms with Crippen molar-refractivity contribution in [3.63, 3.8) is 0 Å². The van der Waals surface area contributed by atoms with Crippen LogP contribution in [0.2, 0.25) is 0 Å². The molecule has 1 fully saturated rings. The van der Waals surface area contributed by atoms with E-state index < -0.39 is 11.9 Å². The summed E-state index contributed by atoms with van der Waals surface area (Å²) in [7, 11) is 1.58. The number of ether oxygens (including phenoxy) is 3. The second-order valence-electron chi connectivity index (χ2n) is 8.50. The largest absolute Gasteiger partial charge is 0.497 e.